The van der Waals surface area contributed by atoms with E-state index in [4.69, 9.17) is 14.2 Å². The van der Waals surface area contributed by atoms with Crippen LogP contribution in [0.3, 0.4) is 0 Å². The second-order valence-electron chi connectivity index (χ2n) is 7.99. The molecule has 2 aromatic rings. The highest BCUT2D eigenvalue weighted by Crippen LogP contribution is 2.32. The highest BCUT2D eigenvalue weighted by atomic mass is 32.2. The topological polar surface area (TPSA) is 111 Å². The molecule has 0 atom stereocenters. The lowest BCUT2D eigenvalue weighted by Gasteiger charge is -2.26. The maximum Gasteiger partial charge on any atom is 0.338 e. The van der Waals surface area contributed by atoms with E-state index < -0.39 is 28.5 Å². The third-order valence-electron chi connectivity index (χ3n) is 5.62. The molecule has 10 heteroatoms. The Labute approximate surface area is 192 Å². The summed E-state index contributed by atoms with van der Waals surface area (Å²) in [6, 6.07) is 9.73. The van der Waals surface area contributed by atoms with E-state index in [1.54, 1.807) is 31.2 Å². The van der Waals surface area contributed by atoms with E-state index >= 15 is 0 Å². The molecule has 0 spiro atoms. The SMILES string of the molecule is Cc1ccc(C(=O)OCC(=O)NCc2ccc3c(c2)OCO3)cc1S(=O)(=O)N1CCCCC1. The monoisotopic (exact) mass is 474 g/mol. The number of fused-ring (bicyclic) bond motifs is 1. The van der Waals surface area contributed by atoms with Crippen molar-refractivity contribution in [3.05, 3.63) is 53.1 Å². The van der Waals surface area contributed by atoms with Gasteiger partial charge >= 0.3 is 5.97 Å². The maximum absolute atomic E-state index is 13.0. The van der Waals surface area contributed by atoms with Gasteiger partial charge in [0.2, 0.25) is 16.8 Å². The predicted octanol–water partition coefficient (Wildman–Crippen LogP) is 2.37. The van der Waals surface area contributed by atoms with Crippen molar-refractivity contribution in [2.45, 2.75) is 37.6 Å². The van der Waals surface area contributed by atoms with Crippen LogP contribution in [0.25, 0.3) is 0 Å². The lowest BCUT2D eigenvalue weighted by molar-refractivity contribution is -0.124. The third kappa shape index (κ3) is 5.28. The zero-order valence-electron chi connectivity index (χ0n) is 18.3. The molecule has 0 unspecified atom stereocenters. The van der Waals surface area contributed by atoms with Crippen molar-refractivity contribution in [2.24, 2.45) is 0 Å². The van der Waals surface area contributed by atoms with E-state index in [1.165, 1.54) is 16.4 Å². The second-order valence-corrected chi connectivity index (χ2v) is 9.89. The van der Waals surface area contributed by atoms with Crippen LogP contribution in [0.4, 0.5) is 0 Å². The zero-order chi connectivity index (χ0) is 23.4. The predicted molar refractivity (Wildman–Crippen MR) is 118 cm³/mol. The van der Waals surface area contributed by atoms with E-state index in [-0.39, 0.29) is 23.8 Å². The molecule has 2 aliphatic rings. The Hall–Kier alpha value is -3.11. The fourth-order valence-corrected chi connectivity index (χ4v) is 5.53. The average Bonchev–Trinajstić information content (AvgIpc) is 3.30. The molecule has 0 saturated carbocycles. The molecule has 2 aromatic carbocycles. The van der Waals surface area contributed by atoms with Gasteiger partial charge in [-0.25, -0.2) is 13.2 Å². The summed E-state index contributed by atoms with van der Waals surface area (Å²) in [7, 11) is -3.70. The number of ether oxygens (including phenoxy) is 3. The molecule has 1 fully saturated rings. The quantitative estimate of drug-likeness (QED) is 0.613. The normalized spacial score (nSPS) is 15.8. The van der Waals surface area contributed by atoms with Crippen LogP contribution in [-0.4, -0.2) is 51.1 Å². The number of carbonyl (C=O) groups is 2. The van der Waals surface area contributed by atoms with Crippen molar-refractivity contribution in [1.82, 2.24) is 9.62 Å². The van der Waals surface area contributed by atoms with Gasteiger partial charge in [0.05, 0.1) is 10.5 Å². The van der Waals surface area contributed by atoms with Crippen LogP contribution in [0.5, 0.6) is 11.5 Å². The van der Waals surface area contributed by atoms with Crippen LogP contribution < -0.4 is 14.8 Å². The molecule has 9 nitrogen and oxygen atoms in total. The molecule has 4 rings (SSSR count). The molecular weight excluding hydrogens is 448 g/mol. The van der Waals surface area contributed by atoms with Crippen LogP contribution in [0.2, 0.25) is 0 Å². The van der Waals surface area contributed by atoms with Crippen molar-refractivity contribution in [2.75, 3.05) is 26.5 Å². The Bertz CT molecular complexity index is 1160. The van der Waals surface area contributed by atoms with Crippen molar-refractivity contribution >= 4 is 21.9 Å². The maximum atomic E-state index is 13.0. The first-order chi connectivity index (χ1) is 15.8. The Kier molecular flexibility index (Phi) is 6.85. The first kappa shape index (κ1) is 23.1. The van der Waals surface area contributed by atoms with Crippen LogP contribution >= 0.6 is 0 Å². The molecule has 33 heavy (non-hydrogen) atoms. The Morgan fingerprint density at radius 3 is 2.58 bits per heavy atom. The van der Waals surface area contributed by atoms with Crippen molar-refractivity contribution < 1.29 is 32.2 Å². The summed E-state index contributed by atoms with van der Waals surface area (Å²) in [6.45, 7) is 2.55. The first-order valence-electron chi connectivity index (χ1n) is 10.8. The number of rotatable bonds is 7. The van der Waals surface area contributed by atoms with E-state index in [2.05, 4.69) is 5.32 Å². The molecule has 2 heterocycles. The van der Waals surface area contributed by atoms with Crippen LogP contribution in [0, 0.1) is 6.92 Å². The number of hydrogen-bond acceptors (Lipinski definition) is 7. The van der Waals surface area contributed by atoms with Crippen LogP contribution in [0.1, 0.15) is 40.7 Å². The van der Waals surface area contributed by atoms with Gasteiger partial charge in [-0.05, 0) is 55.2 Å². The van der Waals surface area contributed by atoms with E-state index in [1.807, 2.05) is 0 Å². The lowest BCUT2D eigenvalue weighted by atomic mass is 10.1. The molecule has 0 aromatic heterocycles. The van der Waals surface area contributed by atoms with Gasteiger partial charge in [0.1, 0.15) is 0 Å². The van der Waals surface area contributed by atoms with E-state index in [9.17, 15) is 18.0 Å². The highest BCUT2D eigenvalue weighted by molar-refractivity contribution is 7.89. The number of carbonyl (C=O) groups excluding carboxylic acids is 2. The molecule has 1 saturated heterocycles. The molecule has 2 aliphatic heterocycles. The number of amides is 1. The molecular formula is C23H26N2O7S. The minimum atomic E-state index is -3.70. The highest BCUT2D eigenvalue weighted by Gasteiger charge is 2.28. The van der Waals surface area contributed by atoms with Crippen molar-refractivity contribution in [3.63, 3.8) is 0 Å². The Balaban J connectivity index is 1.34. The molecule has 0 radical (unpaired) electrons. The summed E-state index contributed by atoms with van der Waals surface area (Å²) in [4.78, 5) is 24.7. The Morgan fingerprint density at radius 2 is 1.79 bits per heavy atom. The standard InChI is InChI=1S/C23H26N2O7S/c1-16-5-7-18(12-21(16)33(28,29)25-9-3-2-4-10-25)23(27)30-14-22(26)24-13-17-6-8-19-20(11-17)32-15-31-19/h5-8,11-12H,2-4,9-10,13-15H2,1H3,(H,24,26). The van der Waals surface area contributed by atoms with Gasteiger partial charge in [0.15, 0.2) is 18.1 Å². The Morgan fingerprint density at radius 1 is 1.03 bits per heavy atom. The van der Waals surface area contributed by atoms with Gasteiger partial charge in [-0.2, -0.15) is 4.31 Å². The van der Waals surface area contributed by atoms with Crippen LogP contribution in [-0.2, 0) is 26.1 Å². The third-order valence-corrected chi connectivity index (χ3v) is 7.66. The average molecular weight is 475 g/mol. The van der Waals surface area contributed by atoms with Crippen molar-refractivity contribution in [1.29, 1.82) is 0 Å². The number of nitrogens with zero attached hydrogens (tertiary/aromatic N) is 1. The number of benzene rings is 2. The molecule has 1 N–H and O–H groups in total. The number of aryl methyl sites for hydroxylation is 1. The van der Waals surface area contributed by atoms with Gasteiger partial charge in [0.25, 0.3) is 5.91 Å². The summed E-state index contributed by atoms with van der Waals surface area (Å²) in [5, 5.41) is 2.67. The van der Waals surface area contributed by atoms with E-state index in [0.29, 0.717) is 30.2 Å². The van der Waals surface area contributed by atoms with Gasteiger partial charge in [0, 0.05) is 19.6 Å². The summed E-state index contributed by atoms with van der Waals surface area (Å²) >= 11 is 0. The molecule has 0 aliphatic carbocycles. The van der Waals surface area contributed by atoms with Gasteiger partial charge in [-0.3, -0.25) is 4.79 Å². The number of esters is 1. The second kappa shape index (κ2) is 9.80. The summed E-state index contributed by atoms with van der Waals surface area (Å²) < 4.78 is 43.2. The van der Waals surface area contributed by atoms with Crippen molar-refractivity contribution in [3.8, 4) is 11.5 Å². The molecule has 1 amide bonds. The number of nitrogens with one attached hydrogen (secondary N) is 1. The summed E-state index contributed by atoms with van der Waals surface area (Å²) in [6.07, 6.45) is 2.65. The molecule has 176 valence electrons. The lowest BCUT2D eigenvalue weighted by Crippen LogP contribution is -2.36. The van der Waals surface area contributed by atoms with Crippen LogP contribution in [0.15, 0.2) is 41.3 Å². The number of sulfonamides is 1. The fourth-order valence-electron chi connectivity index (χ4n) is 3.77. The summed E-state index contributed by atoms with van der Waals surface area (Å²) in [5.41, 5.74) is 1.45. The zero-order valence-corrected chi connectivity index (χ0v) is 19.2. The fraction of sp³-hybridized carbons (Fsp3) is 0.391. The first-order valence-corrected chi connectivity index (χ1v) is 12.2. The largest absolute Gasteiger partial charge is 0.454 e. The van der Waals surface area contributed by atoms with Gasteiger partial charge in [-0.1, -0.05) is 18.6 Å². The number of hydrogen-bond donors (Lipinski definition) is 1. The summed E-state index contributed by atoms with van der Waals surface area (Å²) in [5.74, 6) is 0.0271. The van der Waals surface area contributed by atoms with Gasteiger partial charge < -0.3 is 19.5 Å². The smallest absolute Gasteiger partial charge is 0.338 e. The molecule has 0 bridgehead atoms. The minimum Gasteiger partial charge on any atom is -0.454 e. The van der Waals surface area contributed by atoms with E-state index in [0.717, 1.165) is 24.8 Å². The number of piperidine rings is 1. The van der Waals surface area contributed by atoms with Gasteiger partial charge in [-0.15, -0.1) is 0 Å². The minimum absolute atomic E-state index is 0.0831.